The molecule has 0 spiro atoms. The Morgan fingerprint density at radius 3 is 1.57 bits per heavy atom. The number of nitrogens with zero attached hydrogens (tertiary/aromatic N) is 2. The molecule has 0 aliphatic heterocycles. The standard InChI is InChI=1S/C10H25N2OP/c1-7-11(8-2)14(13)12(9(3)4)10(5)6/h9-10,13H,7-8H2,1-6H3. The molecule has 0 radical (unpaired) electrons. The van der Waals surface area contributed by atoms with Crippen molar-refractivity contribution in [3.63, 3.8) is 0 Å². The van der Waals surface area contributed by atoms with Gasteiger partial charge in [-0.25, -0.2) is 9.34 Å². The van der Waals surface area contributed by atoms with Crippen LogP contribution in [0.25, 0.3) is 0 Å². The Morgan fingerprint density at radius 1 is 1.00 bits per heavy atom. The molecular formula is C10H25N2OP. The van der Waals surface area contributed by atoms with Gasteiger partial charge in [0, 0.05) is 25.2 Å². The van der Waals surface area contributed by atoms with Crippen LogP contribution in [0.5, 0.6) is 0 Å². The largest absolute Gasteiger partial charge is 0.347 e. The maximum absolute atomic E-state index is 10.2. The summed E-state index contributed by atoms with van der Waals surface area (Å²) in [6.45, 7) is 14.5. The van der Waals surface area contributed by atoms with Crippen LogP contribution in [0.15, 0.2) is 0 Å². The summed E-state index contributed by atoms with van der Waals surface area (Å²) >= 11 is 0. The molecule has 0 aromatic rings. The summed E-state index contributed by atoms with van der Waals surface area (Å²) in [5.41, 5.74) is 0. The van der Waals surface area contributed by atoms with E-state index in [0.717, 1.165) is 13.1 Å². The SMILES string of the molecule is CCN(CC)P(O)N(C(C)C)C(C)C. The molecule has 0 aliphatic rings. The van der Waals surface area contributed by atoms with E-state index in [2.05, 4.69) is 50.9 Å². The predicted octanol–water partition coefficient (Wildman–Crippen LogP) is 2.67. The first-order chi connectivity index (χ1) is 6.45. The molecule has 0 aliphatic carbocycles. The molecule has 0 rings (SSSR count). The van der Waals surface area contributed by atoms with Crippen LogP contribution >= 0.6 is 8.45 Å². The maximum Gasteiger partial charge on any atom is 0.185 e. The molecule has 3 nitrogen and oxygen atoms in total. The van der Waals surface area contributed by atoms with Gasteiger partial charge in [0.05, 0.1) is 0 Å². The average Bonchev–Trinajstić information content (AvgIpc) is 2.04. The lowest BCUT2D eigenvalue weighted by molar-refractivity contribution is 0.262. The summed E-state index contributed by atoms with van der Waals surface area (Å²) in [6, 6.07) is 0.790. The van der Waals surface area contributed by atoms with Crippen LogP contribution in [0, 0.1) is 0 Å². The zero-order valence-electron chi connectivity index (χ0n) is 10.4. The van der Waals surface area contributed by atoms with Crippen molar-refractivity contribution in [2.75, 3.05) is 13.1 Å². The predicted molar refractivity (Wildman–Crippen MR) is 64.2 cm³/mol. The van der Waals surface area contributed by atoms with Gasteiger partial charge >= 0.3 is 0 Å². The van der Waals surface area contributed by atoms with Gasteiger partial charge in [0.25, 0.3) is 0 Å². The quantitative estimate of drug-likeness (QED) is 0.697. The third-order valence-electron chi connectivity index (χ3n) is 2.25. The minimum absolute atomic E-state index is 0.395. The molecule has 1 unspecified atom stereocenters. The molecule has 4 heteroatoms. The van der Waals surface area contributed by atoms with Crippen molar-refractivity contribution in [2.45, 2.75) is 53.6 Å². The Hall–Kier alpha value is 0.310. The summed E-state index contributed by atoms with van der Waals surface area (Å²) < 4.78 is 4.30. The molecule has 0 fully saturated rings. The van der Waals surface area contributed by atoms with Gasteiger partial charge in [0.2, 0.25) is 0 Å². The second kappa shape index (κ2) is 6.73. The zero-order valence-corrected chi connectivity index (χ0v) is 11.3. The molecule has 0 bridgehead atoms. The fourth-order valence-electron chi connectivity index (χ4n) is 1.63. The Morgan fingerprint density at radius 2 is 1.36 bits per heavy atom. The van der Waals surface area contributed by atoms with Crippen molar-refractivity contribution in [2.24, 2.45) is 0 Å². The lowest BCUT2D eigenvalue weighted by atomic mass is 10.3. The van der Waals surface area contributed by atoms with Gasteiger partial charge < -0.3 is 4.89 Å². The maximum atomic E-state index is 10.2. The van der Waals surface area contributed by atoms with Crippen LogP contribution in [0.1, 0.15) is 41.5 Å². The Balaban J connectivity index is 4.49. The van der Waals surface area contributed by atoms with Gasteiger partial charge in [-0.15, -0.1) is 0 Å². The topological polar surface area (TPSA) is 26.7 Å². The molecule has 0 aromatic carbocycles. The van der Waals surface area contributed by atoms with E-state index in [4.69, 9.17) is 0 Å². The van der Waals surface area contributed by atoms with E-state index in [1.165, 1.54) is 0 Å². The first-order valence-corrected chi connectivity index (χ1v) is 6.67. The van der Waals surface area contributed by atoms with Crippen molar-refractivity contribution in [1.29, 1.82) is 0 Å². The van der Waals surface area contributed by atoms with Crippen molar-refractivity contribution in [1.82, 2.24) is 9.34 Å². The highest BCUT2D eigenvalue weighted by Crippen LogP contribution is 2.42. The van der Waals surface area contributed by atoms with E-state index in [0.29, 0.717) is 12.1 Å². The molecule has 86 valence electrons. The Kier molecular flexibility index (Phi) is 6.88. The third-order valence-corrected chi connectivity index (χ3v) is 4.66. The van der Waals surface area contributed by atoms with Gasteiger partial charge in [0.1, 0.15) is 0 Å². The Bertz CT molecular complexity index is 141. The fraction of sp³-hybridized carbons (Fsp3) is 1.00. The van der Waals surface area contributed by atoms with Crippen molar-refractivity contribution < 1.29 is 4.89 Å². The minimum atomic E-state index is -1.12. The molecule has 1 N–H and O–H groups in total. The van der Waals surface area contributed by atoms with Crippen LogP contribution in [-0.2, 0) is 0 Å². The molecule has 0 heterocycles. The van der Waals surface area contributed by atoms with E-state index in [1.54, 1.807) is 0 Å². The fourth-order valence-corrected chi connectivity index (χ4v) is 3.26. The van der Waals surface area contributed by atoms with Gasteiger partial charge in [-0.05, 0) is 27.7 Å². The summed E-state index contributed by atoms with van der Waals surface area (Å²) in [5.74, 6) is 0. The third kappa shape index (κ3) is 3.82. The van der Waals surface area contributed by atoms with E-state index in [9.17, 15) is 4.89 Å². The molecule has 14 heavy (non-hydrogen) atoms. The monoisotopic (exact) mass is 220 g/mol. The smallest absolute Gasteiger partial charge is 0.185 e. The number of hydrogen-bond donors (Lipinski definition) is 1. The van der Waals surface area contributed by atoms with Crippen LogP contribution < -0.4 is 0 Å². The molecule has 0 amide bonds. The summed E-state index contributed by atoms with van der Waals surface area (Å²) in [4.78, 5) is 10.2. The lowest BCUT2D eigenvalue weighted by Gasteiger charge is -2.38. The Labute approximate surface area is 90.0 Å². The summed E-state index contributed by atoms with van der Waals surface area (Å²) in [6.07, 6.45) is 0. The normalized spacial score (nSPS) is 14.8. The van der Waals surface area contributed by atoms with Gasteiger partial charge in [-0.3, -0.25) is 0 Å². The highest BCUT2D eigenvalue weighted by molar-refractivity contribution is 7.46. The van der Waals surface area contributed by atoms with Crippen molar-refractivity contribution >= 4 is 8.45 Å². The second-order valence-corrected chi connectivity index (χ2v) is 5.54. The zero-order chi connectivity index (χ0) is 11.3. The first-order valence-electron chi connectivity index (χ1n) is 5.47. The van der Waals surface area contributed by atoms with Crippen molar-refractivity contribution in [3.8, 4) is 0 Å². The lowest BCUT2D eigenvalue weighted by Crippen LogP contribution is -2.37. The molecule has 0 saturated heterocycles. The molecular weight excluding hydrogens is 195 g/mol. The van der Waals surface area contributed by atoms with E-state index < -0.39 is 8.45 Å². The number of hydrogen-bond acceptors (Lipinski definition) is 3. The summed E-state index contributed by atoms with van der Waals surface area (Å²) in [7, 11) is -1.12. The first kappa shape index (κ1) is 14.3. The van der Waals surface area contributed by atoms with Gasteiger partial charge in [-0.2, -0.15) is 0 Å². The second-order valence-electron chi connectivity index (χ2n) is 3.97. The van der Waals surface area contributed by atoms with E-state index in [-0.39, 0.29) is 0 Å². The minimum Gasteiger partial charge on any atom is -0.347 e. The molecule has 0 aromatic heterocycles. The highest BCUT2D eigenvalue weighted by atomic mass is 31.2. The van der Waals surface area contributed by atoms with E-state index in [1.807, 2.05) is 0 Å². The van der Waals surface area contributed by atoms with Gasteiger partial charge in [0.15, 0.2) is 8.45 Å². The number of rotatable bonds is 6. The van der Waals surface area contributed by atoms with Crippen LogP contribution in [0.2, 0.25) is 0 Å². The summed E-state index contributed by atoms with van der Waals surface area (Å²) in [5, 5.41) is 0. The van der Waals surface area contributed by atoms with E-state index >= 15 is 0 Å². The molecule has 0 saturated carbocycles. The van der Waals surface area contributed by atoms with Crippen molar-refractivity contribution in [3.05, 3.63) is 0 Å². The highest BCUT2D eigenvalue weighted by Gasteiger charge is 2.26. The molecule has 1 atom stereocenters. The van der Waals surface area contributed by atoms with Crippen LogP contribution in [-0.4, -0.2) is 39.4 Å². The van der Waals surface area contributed by atoms with Crippen LogP contribution in [0.4, 0.5) is 0 Å². The average molecular weight is 220 g/mol. The van der Waals surface area contributed by atoms with Crippen LogP contribution in [0.3, 0.4) is 0 Å². The van der Waals surface area contributed by atoms with Gasteiger partial charge in [-0.1, -0.05) is 13.8 Å².